The number of nitrogens with zero attached hydrogens (tertiary/aromatic N) is 2. The first-order valence-corrected chi connectivity index (χ1v) is 7.17. The van der Waals surface area contributed by atoms with Gasteiger partial charge in [0.05, 0.1) is 12.7 Å². The molecule has 0 aliphatic rings. The number of aromatic nitrogens is 2. The highest BCUT2D eigenvalue weighted by Crippen LogP contribution is 2.18. The molecular formula is C16H18ClN3O2. The molecule has 0 aliphatic heterocycles. The lowest BCUT2D eigenvalue weighted by atomic mass is 10.00. The molecule has 0 saturated carbocycles. The van der Waals surface area contributed by atoms with Gasteiger partial charge in [-0.2, -0.15) is 5.10 Å². The fourth-order valence-electron chi connectivity index (χ4n) is 1.87. The summed E-state index contributed by atoms with van der Waals surface area (Å²) in [6.45, 7) is 1.73. The van der Waals surface area contributed by atoms with E-state index in [2.05, 4.69) is 10.4 Å². The molecular weight excluding hydrogens is 302 g/mol. The maximum atomic E-state index is 11.8. The molecule has 1 unspecified atom stereocenters. The van der Waals surface area contributed by atoms with E-state index in [0.29, 0.717) is 10.6 Å². The van der Waals surface area contributed by atoms with Crippen molar-refractivity contribution >= 4 is 23.6 Å². The van der Waals surface area contributed by atoms with Gasteiger partial charge in [-0.1, -0.05) is 23.7 Å². The summed E-state index contributed by atoms with van der Waals surface area (Å²) in [5.74, 6) is -0.279. The average molecular weight is 320 g/mol. The van der Waals surface area contributed by atoms with Gasteiger partial charge in [-0.25, -0.2) is 0 Å². The van der Waals surface area contributed by atoms with E-state index < -0.39 is 5.60 Å². The van der Waals surface area contributed by atoms with E-state index in [0.717, 1.165) is 5.56 Å². The van der Waals surface area contributed by atoms with Gasteiger partial charge < -0.3 is 10.4 Å². The van der Waals surface area contributed by atoms with E-state index in [4.69, 9.17) is 11.6 Å². The van der Waals surface area contributed by atoms with Crippen LogP contribution < -0.4 is 5.32 Å². The molecule has 1 amide bonds. The van der Waals surface area contributed by atoms with Crippen molar-refractivity contribution < 1.29 is 9.90 Å². The molecule has 1 aromatic heterocycles. The van der Waals surface area contributed by atoms with Crippen LogP contribution in [0.1, 0.15) is 18.1 Å². The van der Waals surface area contributed by atoms with Crippen LogP contribution in [-0.2, 0) is 17.4 Å². The van der Waals surface area contributed by atoms with Crippen molar-refractivity contribution in [2.24, 2.45) is 7.05 Å². The number of rotatable bonds is 5. The topological polar surface area (TPSA) is 67.2 Å². The lowest BCUT2D eigenvalue weighted by Crippen LogP contribution is -2.37. The van der Waals surface area contributed by atoms with E-state index in [1.54, 1.807) is 49.3 Å². The molecule has 1 heterocycles. The van der Waals surface area contributed by atoms with Gasteiger partial charge >= 0.3 is 0 Å². The quantitative estimate of drug-likeness (QED) is 0.829. The zero-order valence-electron chi connectivity index (χ0n) is 12.5. The second-order valence-corrected chi connectivity index (χ2v) is 5.72. The number of hydrogen-bond acceptors (Lipinski definition) is 3. The smallest absolute Gasteiger partial charge is 0.244 e. The third-order valence-electron chi connectivity index (χ3n) is 3.23. The van der Waals surface area contributed by atoms with Gasteiger partial charge in [0.2, 0.25) is 5.91 Å². The van der Waals surface area contributed by atoms with Crippen LogP contribution in [0, 0.1) is 0 Å². The summed E-state index contributed by atoms with van der Waals surface area (Å²) in [5, 5.41) is 17.7. The third kappa shape index (κ3) is 4.44. The maximum absolute atomic E-state index is 11.8. The summed E-state index contributed by atoms with van der Waals surface area (Å²) in [6, 6.07) is 7.15. The Balaban J connectivity index is 1.91. The predicted octanol–water partition coefficient (Wildman–Crippen LogP) is 2.11. The largest absolute Gasteiger partial charge is 0.383 e. The molecule has 0 aliphatic carbocycles. The lowest BCUT2D eigenvalue weighted by molar-refractivity contribution is -0.117. The summed E-state index contributed by atoms with van der Waals surface area (Å²) in [7, 11) is 1.77. The van der Waals surface area contributed by atoms with Crippen LogP contribution >= 0.6 is 11.6 Å². The van der Waals surface area contributed by atoms with E-state index in [1.165, 1.54) is 6.08 Å². The first-order valence-electron chi connectivity index (χ1n) is 6.80. The molecule has 116 valence electrons. The Hall–Kier alpha value is -2.11. The highest BCUT2D eigenvalue weighted by Gasteiger charge is 2.24. The van der Waals surface area contributed by atoms with Crippen molar-refractivity contribution in [1.29, 1.82) is 0 Å². The Labute approximate surface area is 134 Å². The lowest BCUT2D eigenvalue weighted by Gasteiger charge is -2.21. The number of amides is 1. The van der Waals surface area contributed by atoms with Crippen LogP contribution in [0.3, 0.4) is 0 Å². The van der Waals surface area contributed by atoms with Crippen LogP contribution in [0.2, 0.25) is 5.02 Å². The number of nitrogens with one attached hydrogen (secondary N) is 1. The Kier molecular flexibility index (Phi) is 5.00. The molecule has 0 spiro atoms. The van der Waals surface area contributed by atoms with Gasteiger partial charge in [0.15, 0.2) is 0 Å². The molecule has 6 heteroatoms. The number of halogens is 1. The Morgan fingerprint density at radius 1 is 1.45 bits per heavy atom. The highest BCUT2D eigenvalue weighted by atomic mass is 35.5. The monoisotopic (exact) mass is 319 g/mol. The fourth-order valence-corrected chi connectivity index (χ4v) is 1.99. The summed E-state index contributed by atoms with van der Waals surface area (Å²) in [4.78, 5) is 11.8. The average Bonchev–Trinajstić information content (AvgIpc) is 2.92. The van der Waals surface area contributed by atoms with Crippen molar-refractivity contribution in [2.45, 2.75) is 12.5 Å². The normalized spacial score (nSPS) is 14.0. The minimum absolute atomic E-state index is 0.0997. The summed E-state index contributed by atoms with van der Waals surface area (Å²) in [5.41, 5.74) is 0.355. The standard InChI is InChI=1S/C16H18ClN3O2/c1-16(22,13-9-19-20(2)10-13)11-18-15(21)8-5-12-3-6-14(17)7-4-12/h3-10,22H,11H2,1-2H3,(H,18,21). The van der Waals surface area contributed by atoms with Crippen LogP contribution in [0.15, 0.2) is 42.7 Å². The van der Waals surface area contributed by atoms with Gasteiger partial charge in [0.1, 0.15) is 5.60 Å². The predicted molar refractivity (Wildman–Crippen MR) is 86.3 cm³/mol. The molecule has 2 rings (SSSR count). The van der Waals surface area contributed by atoms with Crippen molar-refractivity contribution in [2.75, 3.05) is 6.54 Å². The molecule has 22 heavy (non-hydrogen) atoms. The van der Waals surface area contributed by atoms with Crippen LogP contribution in [0.25, 0.3) is 6.08 Å². The first kappa shape index (κ1) is 16.3. The summed E-state index contributed by atoms with van der Waals surface area (Å²) in [6.07, 6.45) is 6.40. The second-order valence-electron chi connectivity index (χ2n) is 5.28. The molecule has 5 nitrogen and oxygen atoms in total. The molecule has 2 aromatic rings. The zero-order valence-corrected chi connectivity index (χ0v) is 13.2. The van der Waals surface area contributed by atoms with Crippen molar-refractivity contribution in [3.63, 3.8) is 0 Å². The highest BCUT2D eigenvalue weighted by molar-refractivity contribution is 6.30. The van der Waals surface area contributed by atoms with E-state index in [9.17, 15) is 9.90 Å². The van der Waals surface area contributed by atoms with Gasteiger partial charge in [0, 0.05) is 29.9 Å². The summed E-state index contributed by atoms with van der Waals surface area (Å²) >= 11 is 5.80. The van der Waals surface area contributed by atoms with Gasteiger partial charge in [-0.15, -0.1) is 0 Å². The second kappa shape index (κ2) is 6.77. The van der Waals surface area contributed by atoms with Gasteiger partial charge in [-0.05, 0) is 30.7 Å². The van der Waals surface area contributed by atoms with E-state index in [-0.39, 0.29) is 12.5 Å². The van der Waals surface area contributed by atoms with Crippen LogP contribution in [-0.4, -0.2) is 27.3 Å². The van der Waals surface area contributed by atoms with Crippen LogP contribution in [0.5, 0.6) is 0 Å². The summed E-state index contributed by atoms with van der Waals surface area (Å²) < 4.78 is 1.60. The van der Waals surface area contributed by atoms with Crippen molar-refractivity contribution in [3.05, 3.63) is 58.9 Å². The fraction of sp³-hybridized carbons (Fsp3) is 0.250. The molecule has 0 fully saturated rings. The van der Waals surface area contributed by atoms with E-state index in [1.807, 2.05) is 12.1 Å². The third-order valence-corrected chi connectivity index (χ3v) is 3.48. The molecule has 0 radical (unpaired) electrons. The minimum atomic E-state index is -1.17. The number of hydrogen-bond donors (Lipinski definition) is 2. The molecule has 2 N–H and O–H groups in total. The van der Waals surface area contributed by atoms with Gasteiger partial charge in [-0.3, -0.25) is 9.48 Å². The Morgan fingerprint density at radius 2 is 2.14 bits per heavy atom. The van der Waals surface area contributed by atoms with E-state index >= 15 is 0 Å². The molecule has 1 aromatic carbocycles. The Morgan fingerprint density at radius 3 is 2.73 bits per heavy atom. The SMILES string of the molecule is Cn1cc(C(C)(O)CNC(=O)C=Cc2ccc(Cl)cc2)cn1. The Bertz CT molecular complexity index is 675. The van der Waals surface area contributed by atoms with Gasteiger partial charge in [0.25, 0.3) is 0 Å². The van der Waals surface area contributed by atoms with Crippen molar-refractivity contribution in [1.82, 2.24) is 15.1 Å². The number of carbonyl (C=O) groups is 1. The first-order chi connectivity index (χ1) is 10.4. The van der Waals surface area contributed by atoms with Crippen LogP contribution in [0.4, 0.5) is 0 Å². The number of aliphatic hydroxyl groups is 1. The number of carbonyl (C=O) groups excluding carboxylic acids is 1. The minimum Gasteiger partial charge on any atom is -0.383 e. The molecule has 1 atom stereocenters. The van der Waals surface area contributed by atoms with Crippen molar-refractivity contribution in [3.8, 4) is 0 Å². The zero-order chi connectivity index (χ0) is 16.2. The maximum Gasteiger partial charge on any atom is 0.244 e. The molecule has 0 bridgehead atoms. The number of benzene rings is 1. The number of aryl methyl sites for hydroxylation is 1. The molecule has 0 saturated heterocycles.